The number of hydrogen-bond acceptors (Lipinski definition) is 16. The van der Waals surface area contributed by atoms with Crippen LogP contribution in [0.1, 0.15) is 0 Å². The summed E-state index contributed by atoms with van der Waals surface area (Å²) in [6.07, 6.45) is -25.1. The predicted octanol–water partition coefficient (Wildman–Crippen LogP) is -7.57. The first-order valence-electron chi connectivity index (χ1n) is 10.6. The molecule has 1 unspecified atom stereocenters. The molecule has 0 aliphatic carbocycles. The Balaban J connectivity index is 1.69. The second kappa shape index (κ2) is 11.6. The molecule has 0 bridgehead atoms. The van der Waals surface area contributed by atoms with Gasteiger partial charge in [-0.05, 0) is 0 Å². The highest BCUT2D eigenvalue weighted by molar-refractivity contribution is 4.95. The van der Waals surface area contributed by atoms with Crippen molar-refractivity contribution >= 4 is 0 Å². The summed E-state index contributed by atoms with van der Waals surface area (Å²) in [5.74, 6) is 0. The molecule has 16 nitrogen and oxygen atoms in total. The van der Waals surface area contributed by atoms with Gasteiger partial charge >= 0.3 is 0 Å². The van der Waals surface area contributed by atoms with Crippen LogP contribution in [0.25, 0.3) is 0 Å². The number of aliphatic hydroxyl groups excluding tert-OH is 11. The van der Waals surface area contributed by atoms with Crippen LogP contribution in [-0.2, 0) is 23.7 Å². The Bertz CT molecular complexity index is 635. The van der Waals surface area contributed by atoms with Crippen molar-refractivity contribution in [2.45, 2.75) is 92.1 Å². The van der Waals surface area contributed by atoms with Gasteiger partial charge in [0.1, 0.15) is 73.2 Å². The lowest BCUT2D eigenvalue weighted by Crippen LogP contribution is -2.66. The molecule has 3 saturated heterocycles. The molecule has 0 amide bonds. The van der Waals surface area contributed by atoms with Gasteiger partial charge in [0.05, 0.1) is 19.8 Å². The third kappa shape index (κ3) is 5.37. The molecule has 3 aliphatic rings. The van der Waals surface area contributed by atoms with Gasteiger partial charge in [0.15, 0.2) is 18.9 Å². The molecule has 0 aromatic heterocycles. The smallest absolute Gasteiger partial charge is 0.189 e. The molecule has 0 radical (unpaired) electrons. The molecule has 3 heterocycles. The zero-order valence-electron chi connectivity index (χ0n) is 17.7. The molecule has 16 heteroatoms. The monoisotopic (exact) mass is 504 g/mol. The van der Waals surface area contributed by atoms with Crippen molar-refractivity contribution in [1.29, 1.82) is 0 Å². The first kappa shape index (κ1) is 27.9. The van der Waals surface area contributed by atoms with E-state index < -0.39 is 112 Å². The maximum atomic E-state index is 10.6. The summed E-state index contributed by atoms with van der Waals surface area (Å²) in [7, 11) is 0. The van der Waals surface area contributed by atoms with Crippen LogP contribution in [0, 0.1) is 0 Å². The van der Waals surface area contributed by atoms with Crippen LogP contribution in [0.5, 0.6) is 0 Å². The second-order valence-corrected chi connectivity index (χ2v) is 8.34. The minimum atomic E-state index is -1.91. The molecular formula is C18H32O16. The minimum absolute atomic E-state index is 0.740. The Morgan fingerprint density at radius 1 is 0.412 bits per heavy atom. The highest BCUT2D eigenvalue weighted by Gasteiger charge is 2.52. The molecule has 3 rings (SSSR count). The van der Waals surface area contributed by atoms with E-state index in [2.05, 4.69) is 0 Å². The largest absolute Gasteiger partial charge is 0.394 e. The van der Waals surface area contributed by atoms with Gasteiger partial charge in [-0.25, -0.2) is 0 Å². The lowest BCUT2D eigenvalue weighted by atomic mass is 9.96. The SMILES string of the molecule is OC[C@H]1O[C@H](O[C@@H]2[C@H](O)[C@@H](O)[C@H](OC3O[C@H](CO)[C@@H](O)[C@H](O)[C@H]3O)O[C@@H]2CO)[C@H](O)[C@@H](O)[C@H]1O. The quantitative estimate of drug-likeness (QED) is 0.154. The summed E-state index contributed by atoms with van der Waals surface area (Å²) < 4.78 is 26.5. The second-order valence-electron chi connectivity index (χ2n) is 8.34. The highest BCUT2D eigenvalue weighted by Crippen LogP contribution is 2.31. The fourth-order valence-corrected chi connectivity index (χ4v) is 3.98. The van der Waals surface area contributed by atoms with Gasteiger partial charge in [-0.15, -0.1) is 0 Å². The Labute approximate surface area is 192 Å². The molecule has 0 saturated carbocycles. The van der Waals surface area contributed by atoms with Crippen molar-refractivity contribution in [3.05, 3.63) is 0 Å². The van der Waals surface area contributed by atoms with Gasteiger partial charge in [0.25, 0.3) is 0 Å². The van der Waals surface area contributed by atoms with Crippen molar-refractivity contribution in [1.82, 2.24) is 0 Å². The Morgan fingerprint density at radius 3 is 1.18 bits per heavy atom. The molecule has 15 atom stereocenters. The van der Waals surface area contributed by atoms with Gasteiger partial charge < -0.3 is 79.9 Å². The zero-order valence-corrected chi connectivity index (χ0v) is 17.7. The Morgan fingerprint density at radius 2 is 0.765 bits per heavy atom. The molecule has 200 valence electrons. The standard InChI is InChI=1S/C18H32O16/c19-1-4-7(22)9(24)12(27)16(30-4)33-15-6(3-21)32-18(14(29)11(15)26)34-17-13(28)10(25)8(23)5(2-20)31-17/h4-29H,1-3H2/t4-,5-,6-,7+,8-,9+,10+,11-,12-,13-,14-,15+,16-,17?,18+/m1/s1. The minimum Gasteiger partial charge on any atom is -0.394 e. The summed E-state index contributed by atoms with van der Waals surface area (Å²) in [6.45, 7) is -2.30. The Hall–Kier alpha value is -0.640. The number of ether oxygens (including phenoxy) is 5. The van der Waals surface area contributed by atoms with Gasteiger partial charge in [-0.3, -0.25) is 0 Å². The van der Waals surface area contributed by atoms with E-state index in [1.54, 1.807) is 0 Å². The summed E-state index contributed by atoms with van der Waals surface area (Å²) >= 11 is 0. The van der Waals surface area contributed by atoms with E-state index in [-0.39, 0.29) is 0 Å². The van der Waals surface area contributed by atoms with Crippen LogP contribution >= 0.6 is 0 Å². The van der Waals surface area contributed by atoms with Crippen molar-refractivity contribution in [3.63, 3.8) is 0 Å². The number of aliphatic hydroxyl groups is 11. The third-order valence-corrected chi connectivity index (χ3v) is 6.08. The van der Waals surface area contributed by atoms with E-state index in [0.29, 0.717) is 0 Å². The lowest BCUT2D eigenvalue weighted by Gasteiger charge is -2.47. The van der Waals surface area contributed by atoms with E-state index in [4.69, 9.17) is 23.7 Å². The molecular weight excluding hydrogens is 472 g/mol. The highest BCUT2D eigenvalue weighted by atomic mass is 16.8. The summed E-state index contributed by atoms with van der Waals surface area (Å²) in [6, 6.07) is 0. The van der Waals surface area contributed by atoms with Crippen molar-refractivity contribution < 1.29 is 79.9 Å². The topological polar surface area (TPSA) is 269 Å². The predicted molar refractivity (Wildman–Crippen MR) is 101 cm³/mol. The van der Waals surface area contributed by atoms with Gasteiger partial charge in [0.2, 0.25) is 0 Å². The van der Waals surface area contributed by atoms with E-state index in [9.17, 15) is 56.2 Å². The average Bonchev–Trinajstić information content (AvgIpc) is 2.83. The maximum Gasteiger partial charge on any atom is 0.189 e. The summed E-state index contributed by atoms with van der Waals surface area (Å²) in [5.41, 5.74) is 0. The fraction of sp³-hybridized carbons (Fsp3) is 1.00. The van der Waals surface area contributed by atoms with E-state index in [1.165, 1.54) is 0 Å². The van der Waals surface area contributed by atoms with Crippen molar-refractivity contribution in [2.75, 3.05) is 19.8 Å². The van der Waals surface area contributed by atoms with Crippen molar-refractivity contribution in [2.24, 2.45) is 0 Å². The van der Waals surface area contributed by atoms with E-state index in [1.807, 2.05) is 0 Å². The van der Waals surface area contributed by atoms with E-state index >= 15 is 0 Å². The van der Waals surface area contributed by atoms with E-state index in [0.717, 1.165) is 0 Å². The maximum absolute atomic E-state index is 10.6. The van der Waals surface area contributed by atoms with Crippen LogP contribution < -0.4 is 0 Å². The van der Waals surface area contributed by atoms with Crippen molar-refractivity contribution in [3.8, 4) is 0 Å². The van der Waals surface area contributed by atoms with Crippen LogP contribution in [0.3, 0.4) is 0 Å². The summed E-state index contributed by atoms with van der Waals surface area (Å²) in [4.78, 5) is 0. The first-order chi connectivity index (χ1) is 16.0. The summed E-state index contributed by atoms with van der Waals surface area (Å²) in [5, 5.41) is 109. The van der Waals surface area contributed by atoms with Gasteiger partial charge in [-0.1, -0.05) is 0 Å². The molecule has 3 aliphatic heterocycles. The molecule has 34 heavy (non-hydrogen) atoms. The van der Waals surface area contributed by atoms with Crippen LogP contribution in [0.2, 0.25) is 0 Å². The number of hydrogen-bond donors (Lipinski definition) is 11. The third-order valence-electron chi connectivity index (χ3n) is 6.08. The molecule has 11 N–H and O–H groups in total. The van der Waals surface area contributed by atoms with Crippen LogP contribution in [0.4, 0.5) is 0 Å². The van der Waals surface area contributed by atoms with Crippen LogP contribution in [-0.4, -0.2) is 168 Å². The molecule has 0 aromatic carbocycles. The molecule has 0 spiro atoms. The first-order valence-corrected chi connectivity index (χ1v) is 10.6. The zero-order chi connectivity index (χ0) is 25.3. The average molecular weight is 504 g/mol. The van der Waals surface area contributed by atoms with Crippen LogP contribution in [0.15, 0.2) is 0 Å². The normalized spacial score (nSPS) is 52.5. The van der Waals surface area contributed by atoms with Gasteiger partial charge in [0, 0.05) is 0 Å². The number of rotatable bonds is 7. The Kier molecular flexibility index (Phi) is 9.54. The molecule has 0 aromatic rings. The molecule has 3 fully saturated rings. The van der Waals surface area contributed by atoms with Gasteiger partial charge in [-0.2, -0.15) is 0 Å². The lowest BCUT2D eigenvalue weighted by molar-refractivity contribution is -0.391. The fourth-order valence-electron chi connectivity index (χ4n) is 3.98.